The summed E-state index contributed by atoms with van der Waals surface area (Å²) >= 11 is 0. The molecule has 2 aliphatic rings. The number of rotatable bonds is 8. The molecule has 2 fully saturated rings. The summed E-state index contributed by atoms with van der Waals surface area (Å²) in [4.78, 5) is 48.9. The molecular formula is C24H27N3O4. The van der Waals surface area contributed by atoms with Gasteiger partial charge in [0.1, 0.15) is 5.92 Å². The molecule has 7 heteroatoms. The second-order valence-electron chi connectivity index (χ2n) is 7.93. The number of benzene rings is 1. The van der Waals surface area contributed by atoms with Crippen molar-refractivity contribution >= 4 is 23.5 Å². The predicted molar refractivity (Wildman–Crippen MR) is 115 cm³/mol. The Hall–Kier alpha value is -3.40. The van der Waals surface area contributed by atoms with Crippen molar-refractivity contribution in [3.63, 3.8) is 0 Å². The Labute approximate surface area is 182 Å². The molecule has 0 bridgehead atoms. The summed E-state index contributed by atoms with van der Waals surface area (Å²) in [7, 11) is 0. The fourth-order valence-electron chi connectivity index (χ4n) is 4.00. The number of carbonyl (C=O) groups is 4. The van der Waals surface area contributed by atoms with Crippen molar-refractivity contribution in [1.29, 1.82) is 0 Å². The molecule has 1 aliphatic heterocycles. The van der Waals surface area contributed by atoms with Crippen molar-refractivity contribution in [2.45, 2.75) is 44.6 Å². The second kappa shape index (κ2) is 10.6. The van der Waals surface area contributed by atoms with Crippen LogP contribution in [0.15, 0.2) is 42.6 Å². The number of nitrogens with one attached hydrogen (secondary N) is 3. The Kier molecular flexibility index (Phi) is 7.60. The lowest BCUT2D eigenvalue weighted by molar-refractivity contribution is -0.136. The van der Waals surface area contributed by atoms with Gasteiger partial charge in [-0.2, -0.15) is 0 Å². The summed E-state index contributed by atoms with van der Waals surface area (Å²) in [5, 5.41) is 7.99. The number of Topliss-reactive ketones (excluding diaryl/α,β-unsaturated/α-hetero) is 1. The molecule has 1 aromatic rings. The number of amides is 3. The van der Waals surface area contributed by atoms with E-state index in [2.05, 4.69) is 34.4 Å². The zero-order valence-electron chi connectivity index (χ0n) is 17.4. The molecular weight excluding hydrogens is 394 g/mol. The van der Waals surface area contributed by atoms with E-state index in [4.69, 9.17) is 0 Å². The Morgan fingerprint density at radius 2 is 1.87 bits per heavy atom. The van der Waals surface area contributed by atoms with E-state index in [-0.39, 0.29) is 30.4 Å². The SMILES string of the molecule is C=C(C#Cc1ccccc1)NCCC(=O)NC(C(=O)C1CC(=O)NC1=O)C1CCCC1. The zero-order valence-corrected chi connectivity index (χ0v) is 17.4. The molecule has 0 aromatic heterocycles. The first-order chi connectivity index (χ1) is 14.9. The number of ketones is 1. The van der Waals surface area contributed by atoms with Crippen LogP contribution in [-0.2, 0) is 19.2 Å². The van der Waals surface area contributed by atoms with E-state index < -0.39 is 23.8 Å². The monoisotopic (exact) mass is 421 g/mol. The lowest BCUT2D eigenvalue weighted by atomic mass is 9.87. The van der Waals surface area contributed by atoms with Gasteiger partial charge in [-0.1, -0.05) is 43.5 Å². The molecule has 3 rings (SSSR count). The van der Waals surface area contributed by atoms with Crippen molar-refractivity contribution < 1.29 is 19.2 Å². The van der Waals surface area contributed by atoms with Crippen LogP contribution in [0.25, 0.3) is 0 Å². The molecule has 1 saturated heterocycles. The lowest BCUT2D eigenvalue weighted by Crippen LogP contribution is -2.49. The van der Waals surface area contributed by atoms with Crippen molar-refractivity contribution in [2.24, 2.45) is 11.8 Å². The fraction of sp³-hybridized carbons (Fsp3) is 0.417. The zero-order chi connectivity index (χ0) is 22.2. The van der Waals surface area contributed by atoms with Gasteiger partial charge in [0, 0.05) is 24.9 Å². The van der Waals surface area contributed by atoms with Crippen molar-refractivity contribution in [2.75, 3.05) is 6.54 Å². The highest BCUT2D eigenvalue weighted by atomic mass is 16.2. The van der Waals surface area contributed by atoms with Gasteiger partial charge < -0.3 is 10.6 Å². The molecule has 162 valence electrons. The van der Waals surface area contributed by atoms with Crippen LogP contribution in [0.2, 0.25) is 0 Å². The third-order valence-electron chi connectivity index (χ3n) is 5.63. The van der Waals surface area contributed by atoms with Gasteiger partial charge in [-0.25, -0.2) is 0 Å². The summed E-state index contributed by atoms with van der Waals surface area (Å²) in [6, 6.07) is 8.77. The molecule has 2 unspecified atom stereocenters. The average Bonchev–Trinajstić information content (AvgIpc) is 3.40. The van der Waals surface area contributed by atoms with Crippen LogP contribution >= 0.6 is 0 Å². The van der Waals surface area contributed by atoms with Gasteiger partial charge in [-0.05, 0) is 36.8 Å². The van der Waals surface area contributed by atoms with Crippen LogP contribution < -0.4 is 16.0 Å². The highest BCUT2D eigenvalue weighted by molar-refractivity contribution is 6.15. The van der Waals surface area contributed by atoms with E-state index in [1.807, 2.05) is 30.3 Å². The van der Waals surface area contributed by atoms with E-state index in [1.165, 1.54) is 0 Å². The Balaban J connectivity index is 1.51. The standard InChI is InChI=1S/C24H27N3O4/c1-16(11-12-17-7-3-2-4-8-17)25-14-13-20(28)26-22(18-9-5-6-10-18)23(30)19-15-21(29)27-24(19)31/h2-4,7-8,18-19,22,25H,1,5-6,9-10,13-15H2,(H,26,28)(H,27,29,31). The molecule has 1 aromatic carbocycles. The third-order valence-corrected chi connectivity index (χ3v) is 5.63. The highest BCUT2D eigenvalue weighted by Crippen LogP contribution is 2.30. The Morgan fingerprint density at radius 3 is 2.52 bits per heavy atom. The topological polar surface area (TPSA) is 104 Å². The summed E-state index contributed by atoms with van der Waals surface area (Å²) in [6.07, 6.45) is 3.62. The molecule has 7 nitrogen and oxygen atoms in total. The van der Waals surface area contributed by atoms with Crippen LogP contribution in [0.1, 0.15) is 44.1 Å². The Morgan fingerprint density at radius 1 is 1.16 bits per heavy atom. The van der Waals surface area contributed by atoms with Crippen LogP contribution in [0, 0.1) is 23.7 Å². The summed E-state index contributed by atoms with van der Waals surface area (Å²) in [5.74, 6) is 3.21. The minimum absolute atomic E-state index is 0.000356. The summed E-state index contributed by atoms with van der Waals surface area (Å²) in [5.41, 5.74) is 1.37. The number of hydrogen-bond acceptors (Lipinski definition) is 5. The van der Waals surface area contributed by atoms with E-state index in [0.29, 0.717) is 12.2 Å². The van der Waals surface area contributed by atoms with Gasteiger partial charge in [-0.15, -0.1) is 0 Å². The smallest absolute Gasteiger partial charge is 0.237 e. The average molecular weight is 421 g/mol. The molecule has 1 heterocycles. The van der Waals surface area contributed by atoms with E-state index in [0.717, 1.165) is 31.2 Å². The predicted octanol–water partition coefficient (Wildman–Crippen LogP) is 1.44. The maximum atomic E-state index is 13.0. The number of allylic oxidation sites excluding steroid dienone is 1. The van der Waals surface area contributed by atoms with Gasteiger partial charge in [0.2, 0.25) is 17.7 Å². The second-order valence-corrected chi connectivity index (χ2v) is 7.93. The van der Waals surface area contributed by atoms with Crippen molar-refractivity contribution in [1.82, 2.24) is 16.0 Å². The van der Waals surface area contributed by atoms with E-state index in [9.17, 15) is 19.2 Å². The minimum atomic E-state index is -1.01. The molecule has 3 N–H and O–H groups in total. The lowest BCUT2D eigenvalue weighted by Gasteiger charge is -2.25. The van der Waals surface area contributed by atoms with E-state index >= 15 is 0 Å². The molecule has 2 atom stereocenters. The van der Waals surface area contributed by atoms with Gasteiger partial charge in [0.25, 0.3) is 0 Å². The highest BCUT2D eigenvalue weighted by Gasteiger charge is 2.42. The van der Waals surface area contributed by atoms with Crippen molar-refractivity contribution in [3.8, 4) is 11.8 Å². The van der Waals surface area contributed by atoms with Gasteiger partial charge in [-0.3, -0.25) is 24.5 Å². The minimum Gasteiger partial charge on any atom is -0.378 e. The largest absolute Gasteiger partial charge is 0.378 e. The number of imide groups is 1. The molecule has 1 saturated carbocycles. The normalized spacial score (nSPS) is 19.2. The summed E-state index contributed by atoms with van der Waals surface area (Å²) < 4.78 is 0. The first kappa shape index (κ1) is 22.3. The van der Waals surface area contributed by atoms with Crippen LogP contribution in [0.5, 0.6) is 0 Å². The van der Waals surface area contributed by atoms with Crippen molar-refractivity contribution in [3.05, 3.63) is 48.2 Å². The first-order valence-corrected chi connectivity index (χ1v) is 10.6. The quantitative estimate of drug-likeness (QED) is 0.335. The third kappa shape index (κ3) is 6.29. The van der Waals surface area contributed by atoms with Crippen LogP contribution in [0.4, 0.5) is 0 Å². The number of hydrogen-bond donors (Lipinski definition) is 3. The van der Waals surface area contributed by atoms with Crippen LogP contribution in [0.3, 0.4) is 0 Å². The molecule has 31 heavy (non-hydrogen) atoms. The van der Waals surface area contributed by atoms with E-state index in [1.54, 1.807) is 0 Å². The molecule has 3 amide bonds. The fourth-order valence-corrected chi connectivity index (χ4v) is 4.00. The van der Waals surface area contributed by atoms with Gasteiger partial charge >= 0.3 is 0 Å². The maximum absolute atomic E-state index is 13.0. The molecule has 0 spiro atoms. The molecule has 0 radical (unpaired) electrons. The van der Waals surface area contributed by atoms with Crippen LogP contribution in [-0.4, -0.2) is 36.1 Å². The summed E-state index contributed by atoms with van der Waals surface area (Å²) in [6.45, 7) is 4.16. The first-order valence-electron chi connectivity index (χ1n) is 10.6. The Bertz CT molecular complexity index is 923. The number of carbonyl (C=O) groups excluding carboxylic acids is 4. The van der Waals surface area contributed by atoms with Gasteiger partial charge in [0.15, 0.2) is 5.78 Å². The maximum Gasteiger partial charge on any atom is 0.237 e. The molecule has 1 aliphatic carbocycles. The van der Waals surface area contributed by atoms with Gasteiger partial charge in [0.05, 0.1) is 11.7 Å².